The SMILES string of the molecule is CNC(=O)[C@H](Cc1ccccc1)N(Cc1ccccc1C)C(=O)CN(c1cccc(Br)c1)S(=O)(=O)c1ccccc1. The standard InChI is InChI=1S/C32H32BrN3O4S/c1-24-12-9-10-15-26(24)22-35(30(32(38)34-2)20-25-13-5-3-6-14-25)31(37)23-36(28-17-11-16-27(33)21-28)41(39,40)29-18-7-4-8-19-29/h3-19,21,30H,20,22-23H2,1-2H3,(H,34,38)/t30-/m0/s1. The molecule has 0 fully saturated rings. The van der Waals surface area contributed by atoms with Gasteiger partial charge in [-0.15, -0.1) is 0 Å². The Morgan fingerprint density at radius 2 is 1.49 bits per heavy atom. The summed E-state index contributed by atoms with van der Waals surface area (Å²) in [5, 5.41) is 2.70. The number of hydrogen-bond acceptors (Lipinski definition) is 4. The van der Waals surface area contributed by atoms with Crippen molar-refractivity contribution in [2.24, 2.45) is 0 Å². The van der Waals surface area contributed by atoms with Gasteiger partial charge >= 0.3 is 0 Å². The number of likely N-dealkylation sites (N-methyl/N-ethyl adjacent to an activating group) is 1. The van der Waals surface area contributed by atoms with Crippen molar-refractivity contribution in [1.82, 2.24) is 10.2 Å². The first-order valence-corrected chi connectivity index (χ1v) is 15.4. The molecule has 0 aromatic heterocycles. The Morgan fingerprint density at radius 3 is 2.12 bits per heavy atom. The molecule has 0 heterocycles. The molecular formula is C32H32BrN3O4S. The molecule has 1 atom stereocenters. The van der Waals surface area contributed by atoms with E-state index in [4.69, 9.17) is 0 Å². The van der Waals surface area contributed by atoms with Crippen LogP contribution in [-0.4, -0.2) is 44.8 Å². The van der Waals surface area contributed by atoms with Crippen LogP contribution in [0.15, 0.2) is 119 Å². The van der Waals surface area contributed by atoms with Crippen LogP contribution in [0.1, 0.15) is 16.7 Å². The number of benzene rings is 4. The summed E-state index contributed by atoms with van der Waals surface area (Å²) in [5.41, 5.74) is 3.03. The fourth-order valence-corrected chi connectivity index (χ4v) is 6.39. The van der Waals surface area contributed by atoms with Gasteiger partial charge < -0.3 is 10.2 Å². The zero-order chi connectivity index (χ0) is 29.4. The number of aryl methyl sites for hydroxylation is 1. The van der Waals surface area contributed by atoms with Crippen molar-refractivity contribution >= 4 is 43.5 Å². The number of rotatable bonds is 11. The van der Waals surface area contributed by atoms with Crippen LogP contribution in [0.2, 0.25) is 0 Å². The summed E-state index contributed by atoms with van der Waals surface area (Å²) >= 11 is 3.42. The maximum Gasteiger partial charge on any atom is 0.264 e. The maximum atomic E-state index is 14.3. The second-order valence-corrected chi connectivity index (χ2v) is 12.4. The highest BCUT2D eigenvalue weighted by molar-refractivity contribution is 9.10. The van der Waals surface area contributed by atoms with Gasteiger partial charge in [0.2, 0.25) is 11.8 Å². The predicted molar refractivity (Wildman–Crippen MR) is 165 cm³/mol. The molecule has 41 heavy (non-hydrogen) atoms. The Hall–Kier alpha value is -3.95. The highest BCUT2D eigenvalue weighted by Crippen LogP contribution is 2.27. The lowest BCUT2D eigenvalue weighted by Gasteiger charge is -2.34. The molecule has 4 aromatic rings. The molecule has 0 saturated carbocycles. The molecule has 1 N–H and O–H groups in total. The zero-order valence-electron chi connectivity index (χ0n) is 22.9. The first-order chi connectivity index (χ1) is 19.7. The molecule has 0 saturated heterocycles. The van der Waals surface area contributed by atoms with Crippen molar-refractivity contribution in [1.29, 1.82) is 0 Å². The number of carbonyl (C=O) groups excluding carboxylic acids is 2. The summed E-state index contributed by atoms with van der Waals surface area (Å²) in [7, 11) is -2.59. The lowest BCUT2D eigenvalue weighted by atomic mass is 10.0. The third-order valence-electron chi connectivity index (χ3n) is 6.83. The van der Waals surface area contributed by atoms with Crippen LogP contribution in [0.5, 0.6) is 0 Å². The van der Waals surface area contributed by atoms with E-state index < -0.39 is 28.5 Å². The van der Waals surface area contributed by atoms with Gasteiger partial charge in [0.05, 0.1) is 10.6 Å². The van der Waals surface area contributed by atoms with E-state index in [9.17, 15) is 18.0 Å². The van der Waals surface area contributed by atoms with E-state index in [1.807, 2.05) is 61.5 Å². The first kappa shape index (κ1) is 30.0. The number of nitrogens with one attached hydrogen (secondary N) is 1. The van der Waals surface area contributed by atoms with Gasteiger partial charge in [0.15, 0.2) is 0 Å². The van der Waals surface area contributed by atoms with Crippen LogP contribution in [0.25, 0.3) is 0 Å². The van der Waals surface area contributed by atoms with Crippen molar-refractivity contribution in [2.45, 2.75) is 30.8 Å². The van der Waals surface area contributed by atoms with Crippen LogP contribution >= 0.6 is 15.9 Å². The summed E-state index contributed by atoms with van der Waals surface area (Å²) in [5.74, 6) is -0.840. The highest BCUT2D eigenvalue weighted by atomic mass is 79.9. The minimum Gasteiger partial charge on any atom is -0.357 e. The average molecular weight is 635 g/mol. The average Bonchev–Trinajstić information content (AvgIpc) is 2.99. The Morgan fingerprint density at radius 1 is 0.854 bits per heavy atom. The van der Waals surface area contributed by atoms with E-state index in [-0.39, 0.29) is 23.8 Å². The normalized spacial score (nSPS) is 11.9. The monoisotopic (exact) mass is 633 g/mol. The minimum absolute atomic E-state index is 0.0605. The molecule has 0 aliphatic rings. The van der Waals surface area contributed by atoms with Gasteiger partial charge in [0.25, 0.3) is 10.0 Å². The molecule has 0 unspecified atom stereocenters. The molecule has 4 rings (SSSR count). The largest absolute Gasteiger partial charge is 0.357 e. The Balaban J connectivity index is 1.79. The van der Waals surface area contributed by atoms with Crippen molar-refractivity contribution < 1.29 is 18.0 Å². The van der Waals surface area contributed by atoms with E-state index >= 15 is 0 Å². The third-order valence-corrected chi connectivity index (χ3v) is 9.11. The molecule has 0 bridgehead atoms. The van der Waals surface area contributed by atoms with Gasteiger partial charge in [0.1, 0.15) is 12.6 Å². The minimum atomic E-state index is -4.13. The summed E-state index contributed by atoms with van der Waals surface area (Å²) in [6.45, 7) is 1.58. The molecule has 0 aliphatic carbocycles. The van der Waals surface area contributed by atoms with Gasteiger partial charge in [0, 0.05) is 24.5 Å². The van der Waals surface area contributed by atoms with Crippen molar-refractivity contribution in [3.63, 3.8) is 0 Å². The lowest BCUT2D eigenvalue weighted by molar-refractivity contribution is -0.139. The Labute approximate surface area is 250 Å². The fraction of sp³-hybridized carbons (Fsp3) is 0.188. The lowest BCUT2D eigenvalue weighted by Crippen LogP contribution is -2.53. The number of amides is 2. The highest BCUT2D eigenvalue weighted by Gasteiger charge is 2.34. The van der Waals surface area contributed by atoms with Crippen molar-refractivity contribution in [2.75, 3.05) is 17.9 Å². The van der Waals surface area contributed by atoms with Gasteiger partial charge in [-0.25, -0.2) is 8.42 Å². The number of anilines is 1. The molecule has 0 spiro atoms. The number of nitrogens with zero attached hydrogens (tertiary/aromatic N) is 2. The maximum absolute atomic E-state index is 14.3. The smallest absolute Gasteiger partial charge is 0.264 e. The Kier molecular flexibility index (Phi) is 9.96. The van der Waals surface area contributed by atoms with Crippen LogP contribution in [0.3, 0.4) is 0 Å². The molecule has 212 valence electrons. The van der Waals surface area contributed by atoms with E-state index in [0.717, 1.165) is 21.0 Å². The third kappa shape index (κ3) is 7.42. The first-order valence-electron chi connectivity index (χ1n) is 13.1. The van der Waals surface area contributed by atoms with Crippen molar-refractivity contribution in [3.05, 3.63) is 130 Å². The summed E-state index contributed by atoms with van der Waals surface area (Å²) in [4.78, 5) is 29.1. The van der Waals surface area contributed by atoms with Crippen LogP contribution in [0, 0.1) is 6.92 Å². The number of sulfonamides is 1. The van der Waals surface area contributed by atoms with Crippen LogP contribution in [-0.2, 0) is 32.6 Å². The summed E-state index contributed by atoms with van der Waals surface area (Å²) in [6, 6.07) is 31.0. The zero-order valence-corrected chi connectivity index (χ0v) is 25.3. The fourth-order valence-electron chi connectivity index (χ4n) is 4.57. The van der Waals surface area contributed by atoms with E-state index in [1.165, 1.54) is 24.1 Å². The number of hydrogen-bond donors (Lipinski definition) is 1. The van der Waals surface area contributed by atoms with E-state index in [2.05, 4.69) is 21.2 Å². The summed E-state index contributed by atoms with van der Waals surface area (Å²) in [6.07, 6.45) is 0.264. The second-order valence-electron chi connectivity index (χ2n) is 9.57. The quantitative estimate of drug-likeness (QED) is 0.242. The van der Waals surface area contributed by atoms with Crippen molar-refractivity contribution in [3.8, 4) is 0 Å². The Bertz CT molecular complexity index is 1600. The topological polar surface area (TPSA) is 86.8 Å². The van der Waals surface area contributed by atoms with Gasteiger partial charge in [-0.05, 0) is 53.9 Å². The molecular weight excluding hydrogens is 602 g/mol. The molecule has 0 aliphatic heterocycles. The van der Waals surface area contributed by atoms with Gasteiger partial charge in [-0.1, -0.05) is 94.8 Å². The van der Waals surface area contributed by atoms with Crippen LogP contribution < -0.4 is 9.62 Å². The summed E-state index contributed by atoms with van der Waals surface area (Å²) < 4.78 is 29.6. The molecule has 0 radical (unpaired) electrons. The molecule has 9 heteroatoms. The molecule has 7 nitrogen and oxygen atoms in total. The van der Waals surface area contributed by atoms with Crippen LogP contribution in [0.4, 0.5) is 5.69 Å². The number of halogens is 1. The van der Waals surface area contributed by atoms with Gasteiger partial charge in [-0.3, -0.25) is 13.9 Å². The van der Waals surface area contributed by atoms with E-state index in [1.54, 1.807) is 42.5 Å². The second kappa shape index (κ2) is 13.6. The predicted octanol–water partition coefficient (Wildman–Crippen LogP) is 5.34. The number of carbonyl (C=O) groups is 2. The molecule has 2 amide bonds. The van der Waals surface area contributed by atoms with Gasteiger partial charge in [-0.2, -0.15) is 0 Å². The van der Waals surface area contributed by atoms with E-state index in [0.29, 0.717) is 10.2 Å². The molecule has 4 aromatic carbocycles.